The summed E-state index contributed by atoms with van der Waals surface area (Å²) >= 11 is 0. The molecule has 0 aromatic heterocycles. The molecule has 0 saturated carbocycles. The van der Waals surface area contributed by atoms with E-state index in [0.29, 0.717) is 17.4 Å². The van der Waals surface area contributed by atoms with Gasteiger partial charge in [0.2, 0.25) is 0 Å². The van der Waals surface area contributed by atoms with Gasteiger partial charge in [-0.15, -0.1) is 0 Å². The molecule has 19 heavy (non-hydrogen) atoms. The molecule has 0 saturated heterocycles. The molecule has 0 spiro atoms. The van der Waals surface area contributed by atoms with Crippen molar-refractivity contribution in [2.24, 2.45) is 11.3 Å². The minimum Gasteiger partial charge on any atom is -0.497 e. The molecule has 1 aromatic rings. The molecule has 0 radical (unpaired) electrons. The van der Waals surface area contributed by atoms with Crippen molar-refractivity contribution in [2.75, 3.05) is 13.7 Å². The van der Waals surface area contributed by atoms with Gasteiger partial charge in [-0.2, -0.15) is 0 Å². The number of benzene rings is 1. The summed E-state index contributed by atoms with van der Waals surface area (Å²) in [5, 5.41) is 3.65. The van der Waals surface area contributed by atoms with E-state index in [-0.39, 0.29) is 0 Å². The molecule has 1 atom stereocenters. The minimum atomic E-state index is 0.341. The molecule has 0 fully saturated rings. The van der Waals surface area contributed by atoms with Gasteiger partial charge < -0.3 is 10.1 Å². The number of nitrogens with one attached hydrogen (secondary N) is 1. The number of methoxy groups -OCH3 is 1. The molecule has 1 rings (SSSR count). The summed E-state index contributed by atoms with van der Waals surface area (Å²) in [4.78, 5) is 0. The summed E-state index contributed by atoms with van der Waals surface area (Å²) in [6.45, 7) is 12.5. The smallest absolute Gasteiger partial charge is 0.118 e. The monoisotopic (exact) mass is 263 g/mol. The van der Waals surface area contributed by atoms with E-state index in [4.69, 9.17) is 4.74 Å². The highest BCUT2D eigenvalue weighted by Gasteiger charge is 2.22. The van der Waals surface area contributed by atoms with Gasteiger partial charge in [0, 0.05) is 12.6 Å². The fraction of sp³-hybridized carbons (Fsp3) is 0.647. The standard InChI is InChI=1S/C17H29NO/c1-13(2)17(4,5)12-18-14(3)11-15-7-9-16(19-6)10-8-15/h7-10,13-14,18H,11-12H2,1-6H3. The van der Waals surface area contributed by atoms with E-state index >= 15 is 0 Å². The van der Waals surface area contributed by atoms with Gasteiger partial charge >= 0.3 is 0 Å². The maximum absolute atomic E-state index is 5.18. The molecule has 0 aliphatic carbocycles. The zero-order valence-electron chi connectivity index (χ0n) is 13.3. The maximum atomic E-state index is 5.18. The second-order valence-electron chi connectivity index (χ2n) is 6.48. The van der Waals surface area contributed by atoms with Crippen molar-refractivity contribution in [3.05, 3.63) is 29.8 Å². The first-order chi connectivity index (χ1) is 8.85. The lowest BCUT2D eigenvalue weighted by molar-refractivity contribution is 0.230. The highest BCUT2D eigenvalue weighted by atomic mass is 16.5. The van der Waals surface area contributed by atoms with E-state index in [9.17, 15) is 0 Å². The van der Waals surface area contributed by atoms with Gasteiger partial charge in [0.05, 0.1) is 7.11 Å². The topological polar surface area (TPSA) is 21.3 Å². The second kappa shape index (κ2) is 6.95. The Morgan fingerprint density at radius 2 is 1.68 bits per heavy atom. The maximum Gasteiger partial charge on any atom is 0.118 e. The van der Waals surface area contributed by atoms with Crippen molar-refractivity contribution in [1.82, 2.24) is 5.32 Å². The normalized spacial score (nSPS) is 13.6. The van der Waals surface area contributed by atoms with Crippen LogP contribution in [0.4, 0.5) is 0 Å². The van der Waals surface area contributed by atoms with Crippen molar-refractivity contribution < 1.29 is 4.74 Å². The van der Waals surface area contributed by atoms with Crippen molar-refractivity contribution in [3.8, 4) is 5.75 Å². The van der Waals surface area contributed by atoms with Crippen LogP contribution in [0.15, 0.2) is 24.3 Å². The summed E-state index contributed by atoms with van der Waals surface area (Å²) in [5.74, 6) is 1.61. The first-order valence-corrected chi connectivity index (χ1v) is 7.21. The summed E-state index contributed by atoms with van der Waals surface area (Å²) in [7, 11) is 1.70. The third-order valence-corrected chi connectivity index (χ3v) is 4.17. The summed E-state index contributed by atoms with van der Waals surface area (Å²) in [5.41, 5.74) is 1.69. The van der Waals surface area contributed by atoms with Crippen molar-refractivity contribution in [1.29, 1.82) is 0 Å². The predicted molar refractivity (Wildman–Crippen MR) is 82.8 cm³/mol. The molecule has 0 aliphatic heterocycles. The van der Waals surface area contributed by atoms with Crippen LogP contribution < -0.4 is 10.1 Å². The SMILES string of the molecule is COc1ccc(CC(C)NCC(C)(C)C(C)C)cc1. The zero-order valence-corrected chi connectivity index (χ0v) is 13.3. The molecule has 1 aromatic carbocycles. The second-order valence-corrected chi connectivity index (χ2v) is 6.48. The number of hydrogen-bond acceptors (Lipinski definition) is 2. The summed E-state index contributed by atoms with van der Waals surface area (Å²) in [6, 6.07) is 8.83. The molecule has 1 unspecified atom stereocenters. The van der Waals surface area contributed by atoms with E-state index < -0.39 is 0 Å². The molecule has 2 heteroatoms. The fourth-order valence-electron chi connectivity index (χ4n) is 1.83. The molecule has 108 valence electrons. The molecule has 0 heterocycles. The summed E-state index contributed by atoms with van der Waals surface area (Å²) in [6.07, 6.45) is 1.05. The first kappa shape index (κ1) is 16.0. The largest absolute Gasteiger partial charge is 0.497 e. The minimum absolute atomic E-state index is 0.341. The lowest BCUT2D eigenvalue weighted by Crippen LogP contribution is -2.39. The van der Waals surface area contributed by atoms with E-state index in [1.807, 2.05) is 12.1 Å². The number of rotatable bonds is 7. The van der Waals surface area contributed by atoms with Gasteiger partial charge in [-0.3, -0.25) is 0 Å². The molecule has 0 amide bonds. The molecular formula is C17H29NO. The lowest BCUT2D eigenvalue weighted by Gasteiger charge is -2.31. The zero-order chi connectivity index (χ0) is 14.5. The van der Waals surface area contributed by atoms with Crippen LogP contribution in [-0.4, -0.2) is 19.7 Å². The van der Waals surface area contributed by atoms with Crippen LogP contribution in [0.25, 0.3) is 0 Å². The Hall–Kier alpha value is -1.02. The molecule has 1 N–H and O–H groups in total. The average molecular weight is 263 g/mol. The predicted octanol–water partition coefficient (Wildman–Crippen LogP) is 3.90. The Balaban J connectivity index is 2.44. The first-order valence-electron chi connectivity index (χ1n) is 7.21. The van der Waals surface area contributed by atoms with Gasteiger partial charge in [-0.1, -0.05) is 39.8 Å². The van der Waals surface area contributed by atoms with Crippen LogP contribution in [0.5, 0.6) is 5.75 Å². The Morgan fingerprint density at radius 1 is 1.11 bits per heavy atom. The van der Waals surface area contributed by atoms with Gasteiger partial charge in [0.25, 0.3) is 0 Å². The van der Waals surface area contributed by atoms with Crippen LogP contribution in [0.3, 0.4) is 0 Å². The summed E-state index contributed by atoms with van der Waals surface area (Å²) < 4.78 is 5.18. The third kappa shape index (κ3) is 5.23. The highest BCUT2D eigenvalue weighted by molar-refractivity contribution is 5.27. The van der Waals surface area contributed by atoms with E-state index in [2.05, 4.69) is 52.1 Å². The van der Waals surface area contributed by atoms with Gasteiger partial charge in [0.15, 0.2) is 0 Å². The molecule has 0 bridgehead atoms. The van der Waals surface area contributed by atoms with Crippen LogP contribution in [0.1, 0.15) is 40.2 Å². The number of hydrogen-bond donors (Lipinski definition) is 1. The highest BCUT2D eigenvalue weighted by Crippen LogP contribution is 2.25. The molecule has 0 aliphatic rings. The van der Waals surface area contributed by atoms with Gasteiger partial charge in [0.1, 0.15) is 5.75 Å². The fourth-order valence-corrected chi connectivity index (χ4v) is 1.83. The van der Waals surface area contributed by atoms with Crippen LogP contribution in [0.2, 0.25) is 0 Å². The Morgan fingerprint density at radius 3 is 2.16 bits per heavy atom. The Kier molecular flexibility index (Phi) is 5.86. The average Bonchev–Trinajstić information content (AvgIpc) is 2.37. The van der Waals surface area contributed by atoms with E-state index in [0.717, 1.165) is 18.7 Å². The van der Waals surface area contributed by atoms with Crippen molar-refractivity contribution in [2.45, 2.75) is 47.1 Å². The van der Waals surface area contributed by atoms with Crippen LogP contribution in [0, 0.1) is 11.3 Å². The van der Waals surface area contributed by atoms with E-state index in [1.165, 1.54) is 5.56 Å². The van der Waals surface area contributed by atoms with Gasteiger partial charge in [-0.25, -0.2) is 0 Å². The van der Waals surface area contributed by atoms with Crippen molar-refractivity contribution >= 4 is 0 Å². The Labute approximate surface area is 118 Å². The van der Waals surface area contributed by atoms with Crippen LogP contribution in [-0.2, 0) is 6.42 Å². The Bertz CT molecular complexity index is 367. The third-order valence-electron chi connectivity index (χ3n) is 4.17. The van der Waals surface area contributed by atoms with Gasteiger partial charge in [-0.05, 0) is 42.4 Å². The van der Waals surface area contributed by atoms with Crippen molar-refractivity contribution in [3.63, 3.8) is 0 Å². The van der Waals surface area contributed by atoms with E-state index in [1.54, 1.807) is 7.11 Å². The van der Waals surface area contributed by atoms with Crippen LogP contribution >= 0.6 is 0 Å². The number of ether oxygens (including phenoxy) is 1. The molecular weight excluding hydrogens is 234 g/mol. The lowest BCUT2D eigenvalue weighted by atomic mass is 9.81. The molecule has 2 nitrogen and oxygen atoms in total. The quantitative estimate of drug-likeness (QED) is 0.805.